The molecule has 4 rings (SSSR count). The van der Waals surface area contributed by atoms with E-state index >= 15 is 0 Å². The van der Waals surface area contributed by atoms with Gasteiger partial charge in [-0.15, -0.1) is 0 Å². The van der Waals surface area contributed by atoms with E-state index in [-0.39, 0.29) is 0 Å². The largest absolute Gasteiger partial charge is 0.0843 e. The first-order chi connectivity index (χ1) is 12.6. The second-order valence-electron chi connectivity index (χ2n) is 6.82. The van der Waals surface area contributed by atoms with Crippen LogP contribution in [0.4, 0.5) is 0 Å². The molecule has 0 heterocycles. The highest BCUT2D eigenvalue weighted by atomic mass is 35.5. The highest BCUT2D eigenvalue weighted by Crippen LogP contribution is 2.43. The highest BCUT2D eigenvalue weighted by Gasteiger charge is 2.24. The van der Waals surface area contributed by atoms with Crippen LogP contribution in [0.15, 0.2) is 90.5 Å². The van der Waals surface area contributed by atoms with Gasteiger partial charge in [0.05, 0.1) is 0 Å². The van der Waals surface area contributed by atoms with Crippen LogP contribution in [0.2, 0.25) is 5.02 Å². The fourth-order valence-electron chi connectivity index (χ4n) is 3.83. The van der Waals surface area contributed by atoms with Crippen molar-refractivity contribution in [2.24, 2.45) is 0 Å². The normalized spacial score (nSPS) is 16.7. The zero-order valence-electron chi connectivity index (χ0n) is 15.0. The van der Waals surface area contributed by atoms with Crippen molar-refractivity contribution in [1.29, 1.82) is 0 Å². The van der Waals surface area contributed by atoms with Crippen LogP contribution in [0.3, 0.4) is 0 Å². The van der Waals surface area contributed by atoms with Gasteiger partial charge in [0.15, 0.2) is 0 Å². The third-order valence-corrected chi connectivity index (χ3v) is 5.52. The molecular formula is C25H21Cl. The van der Waals surface area contributed by atoms with Crippen LogP contribution in [-0.2, 0) is 0 Å². The molecule has 1 aliphatic carbocycles. The van der Waals surface area contributed by atoms with Gasteiger partial charge in [-0.2, -0.15) is 0 Å². The number of fused-ring (bicyclic) bond motifs is 1. The van der Waals surface area contributed by atoms with Crippen molar-refractivity contribution < 1.29 is 0 Å². The van der Waals surface area contributed by atoms with E-state index in [0.29, 0.717) is 5.92 Å². The van der Waals surface area contributed by atoms with Gasteiger partial charge in [0, 0.05) is 10.9 Å². The summed E-state index contributed by atoms with van der Waals surface area (Å²) >= 11 is 6.11. The lowest BCUT2D eigenvalue weighted by atomic mass is 9.91. The van der Waals surface area contributed by atoms with Crippen LogP contribution in [0, 0.1) is 0 Å². The van der Waals surface area contributed by atoms with Gasteiger partial charge in [0.1, 0.15) is 0 Å². The number of hydrogen-bond donors (Lipinski definition) is 0. The Morgan fingerprint density at radius 1 is 0.808 bits per heavy atom. The number of hydrogen-bond acceptors (Lipinski definition) is 0. The lowest BCUT2D eigenvalue weighted by Crippen LogP contribution is -1.94. The molecule has 0 nitrogen and oxygen atoms in total. The van der Waals surface area contributed by atoms with Gasteiger partial charge in [-0.25, -0.2) is 0 Å². The quantitative estimate of drug-likeness (QED) is 0.459. The van der Waals surface area contributed by atoms with Crippen LogP contribution in [0.1, 0.15) is 42.0 Å². The Morgan fingerprint density at radius 2 is 1.42 bits per heavy atom. The zero-order chi connectivity index (χ0) is 18.1. The van der Waals surface area contributed by atoms with E-state index < -0.39 is 0 Å². The Kier molecular flexibility index (Phi) is 4.53. The minimum absolute atomic E-state index is 0.400. The maximum Gasteiger partial charge on any atom is 0.0406 e. The van der Waals surface area contributed by atoms with Gasteiger partial charge in [-0.1, -0.05) is 85.3 Å². The van der Waals surface area contributed by atoms with Crippen molar-refractivity contribution in [3.05, 3.63) is 118 Å². The fraction of sp³-hybridized carbons (Fsp3) is 0.120. The van der Waals surface area contributed by atoms with Crippen molar-refractivity contribution in [3.63, 3.8) is 0 Å². The molecule has 128 valence electrons. The maximum absolute atomic E-state index is 6.11. The molecule has 26 heavy (non-hydrogen) atoms. The fourth-order valence-corrected chi connectivity index (χ4v) is 3.96. The van der Waals surface area contributed by atoms with Gasteiger partial charge < -0.3 is 0 Å². The van der Waals surface area contributed by atoms with Crippen LogP contribution in [0.5, 0.6) is 0 Å². The molecule has 0 radical (unpaired) electrons. The number of halogens is 1. The molecule has 1 unspecified atom stereocenters. The summed E-state index contributed by atoms with van der Waals surface area (Å²) in [5, 5.41) is 0.762. The Hall–Kier alpha value is -2.57. The maximum atomic E-state index is 6.11. The molecule has 3 aromatic rings. The summed E-state index contributed by atoms with van der Waals surface area (Å²) in [5.74, 6) is 0.400. The summed E-state index contributed by atoms with van der Waals surface area (Å²) in [7, 11) is 0. The first-order valence-corrected chi connectivity index (χ1v) is 9.36. The Labute approximate surface area is 160 Å². The minimum Gasteiger partial charge on any atom is -0.0843 e. The lowest BCUT2D eigenvalue weighted by molar-refractivity contribution is 0.947. The van der Waals surface area contributed by atoms with Crippen molar-refractivity contribution in [2.75, 3.05) is 0 Å². The second-order valence-corrected chi connectivity index (χ2v) is 7.26. The van der Waals surface area contributed by atoms with Crippen LogP contribution in [0.25, 0.3) is 11.1 Å². The predicted molar refractivity (Wildman–Crippen MR) is 112 cm³/mol. The molecule has 3 aromatic carbocycles. The van der Waals surface area contributed by atoms with Crippen LogP contribution in [-0.4, -0.2) is 0 Å². The van der Waals surface area contributed by atoms with Gasteiger partial charge in [0.25, 0.3) is 0 Å². The Balaban J connectivity index is 1.88. The zero-order valence-corrected chi connectivity index (χ0v) is 15.8. The molecule has 0 fully saturated rings. The van der Waals surface area contributed by atoms with E-state index in [1.807, 2.05) is 12.1 Å². The van der Waals surface area contributed by atoms with Gasteiger partial charge >= 0.3 is 0 Å². The van der Waals surface area contributed by atoms with E-state index in [2.05, 4.69) is 86.7 Å². The molecule has 0 saturated carbocycles. The van der Waals surface area contributed by atoms with Crippen LogP contribution >= 0.6 is 11.6 Å². The molecule has 1 heteroatoms. The van der Waals surface area contributed by atoms with Gasteiger partial charge in [0.2, 0.25) is 0 Å². The lowest BCUT2D eigenvalue weighted by Gasteiger charge is -2.13. The number of benzene rings is 3. The molecule has 0 aliphatic heterocycles. The van der Waals surface area contributed by atoms with Gasteiger partial charge in [-0.3, -0.25) is 0 Å². The first-order valence-electron chi connectivity index (χ1n) is 8.98. The summed E-state index contributed by atoms with van der Waals surface area (Å²) < 4.78 is 0. The van der Waals surface area contributed by atoms with Crippen LogP contribution < -0.4 is 0 Å². The standard InChI is InChI=1S/C25H21Cl/c1-17-22-10-6-7-11-23(22)18(2)24(17)16-25(19-8-4-3-5-9-19)20-12-14-21(26)15-13-20/h3-17H,1-2H3/b25-16+. The van der Waals surface area contributed by atoms with E-state index in [1.54, 1.807) is 0 Å². The monoisotopic (exact) mass is 356 g/mol. The molecule has 0 saturated heterocycles. The minimum atomic E-state index is 0.400. The first kappa shape index (κ1) is 16.9. The molecule has 1 atom stereocenters. The van der Waals surface area contributed by atoms with Crippen molar-refractivity contribution in [2.45, 2.75) is 19.8 Å². The summed E-state index contributed by atoms with van der Waals surface area (Å²) in [5.41, 5.74) is 9.18. The second kappa shape index (κ2) is 6.97. The third kappa shape index (κ3) is 3.02. The van der Waals surface area contributed by atoms with Crippen molar-refractivity contribution in [3.8, 4) is 0 Å². The average molecular weight is 357 g/mol. The topological polar surface area (TPSA) is 0 Å². The Bertz CT molecular complexity index is 992. The molecular weight excluding hydrogens is 336 g/mol. The number of rotatable bonds is 3. The highest BCUT2D eigenvalue weighted by molar-refractivity contribution is 6.30. The van der Waals surface area contributed by atoms with E-state index in [9.17, 15) is 0 Å². The molecule has 0 bridgehead atoms. The molecule has 0 N–H and O–H groups in total. The summed E-state index contributed by atoms with van der Waals surface area (Å²) in [6.07, 6.45) is 2.36. The Morgan fingerprint density at radius 3 is 2.12 bits per heavy atom. The smallest absolute Gasteiger partial charge is 0.0406 e. The SMILES string of the molecule is CC1=C(/C=C(\c2ccccc2)c2ccc(Cl)cc2)C(C)c2ccccc21. The summed E-state index contributed by atoms with van der Waals surface area (Å²) in [4.78, 5) is 0. The summed E-state index contributed by atoms with van der Waals surface area (Å²) in [6.45, 7) is 4.53. The molecule has 1 aliphatic rings. The predicted octanol–water partition coefficient (Wildman–Crippen LogP) is 7.36. The van der Waals surface area contributed by atoms with Crippen molar-refractivity contribution >= 4 is 22.7 Å². The third-order valence-electron chi connectivity index (χ3n) is 5.27. The van der Waals surface area contributed by atoms with E-state index in [4.69, 9.17) is 11.6 Å². The average Bonchev–Trinajstić information content (AvgIpc) is 2.92. The summed E-state index contributed by atoms with van der Waals surface area (Å²) in [6, 6.07) is 27.4. The van der Waals surface area contributed by atoms with Gasteiger partial charge in [-0.05, 0) is 64.1 Å². The number of allylic oxidation sites excluding steroid dienone is 3. The molecule has 0 aromatic heterocycles. The van der Waals surface area contributed by atoms with E-state index in [1.165, 1.54) is 39.0 Å². The molecule has 0 amide bonds. The van der Waals surface area contributed by atoms with E-state index in [0.717, 1.165) is 5.02 Å². The molecule has 0 spiro atoms. The van der Waals surface area contributed by atoms with Crippen molar-refractivity contribution in [1.82, 2.24) is 0 Å².